The second kappa shape index (κ2) is 9.29. The zero-order chi connectivity index (χ0) is 26.5. The monoisotopic (exact) mass is 530 g/mol. The minimum Gasteiger partial charge on any atom is -0.494 e. The van der Waals surface area contributed by atoms with Crippen molar-refractivity contribution in [1.82, 2.24) is 25.1 Å². The summed E-state index contributed by atoms with van der Waals surface area (Å²) in [6, 6.07) is 2.74. The van der Waals surface area contributed by atoms with Crippen molar-refractivity contribution in [2.75, 3.05) is 38.2 Å². The molecule has 0 unspecified atom stereocenters. The Morgan fingerprint density at radius 3 is 2.51 bits per heavy atom. The number of nitrogens with zero attached hydrogens (tertiary/aromatic N) is 5. The van der Waals surface area contributed by atoms with Crippen LogP contribution < -0.4 is 9.64 Å². The number of nitrogens with one attached hydrogen (secondary N) is 1. The first-order valence-electron chi connectivity index (χ1n) is 11.6. The molecule has 1 aliphatic rings. The first kappa shape index (κ1) is 24.9. The van der Waals surface area contributed by atoms with Crippen LogP contribution in [0.25, 0.3) is 32.9 Å². The van der Waals surface area contributed by atoms with Crippen LogP contribution in [0, 0.1) is 11.6 Å². The molecule has 1 saturated heterocycles. The lowest BCUT2D eigenvalue weighted by molar-refractivity contribution is 0.0240. The van der Waals surface area contributed by atoms with Gasteiger partial charge in [-0.05, 0) is 32.9 Å². The van der Waals surface area contributed by atoms with Crippen molar-refractivity contribution in [2.45, 2.75) is 26.4 Å². The Bertz CT molecular complexity index is 1510. The van der Waals surface area contributed by atoms with E-state index in [0.717, 1.165) is 0 Å². The molecule has 0 atom stereocenters. The van der Waals surface area contributed by atoms with E-state index in [4.69, 9.17) is 21.1 Å². The van der Waals surface area contributed by atoms with Crippen molar-refractivity contribution in [3.05, 3.63) is 41.3 Å². The largest absolute Gasteiger partial charge is 0.494 e. The number of piperazine rings is 1. The molecule has 2 aromatic carbocycles. The van der Waals surface area contributed by atoms with Crippen LogP contribution in [-0.2, 0) is 4.74 Å². The van der Waals surface area contributed by atoms with Crippen LogP contribution >= 0.6 is 11.6 Å². The molecule has 4 aromatic rings. The van der Waals surface area contributed by atoms with Gasteiger partial charge in [-0.25, -0.2) is 23.5 Å². The average molecular weight is 531 g/mol. The Morgan fingerprint density at radius 2 is 1.84 bits per heavy atom. The molecule has 0 bridgehead atoms. The van der Waals surface area contributed by atoms with Crippen molar-refractivity contribution in [2.24, 2.45) is 0 Å². The highest BCUT2D eigenvalue weighted by Crippen LogP contribution is 2.47. The van der Waals surface area contributed by atoms with Crippen molar-refractivity contribution >= 4 is 45.3 Å². The Kier molecular flexibility index (Phi) is 6.26. The van der Waals surface area contributed by atoms with Crippen LogP contribution in [0.3, 0.4) is 0 Å². The maximum absolute atomic E-state index is 16.1. The molecule has 0 aliphatic carbocycles. The molecule has 12 heteroatoms. The van der Waals surface area contributed by atoms with Gasteiger partial charge in [0.1, 0.15) is 29.1 Å². The molecule has 9 nitrogen and oxygen atoms in total. The number of carbonyl (C=O) groups excluding carboxylic acids is 1. The predicted octanol–water partition coefficient (Wildman–Crippen LogP) is 5.17. The van der Waals surface area contributed by atoms with Crippen molar-refractivity contribution < 1.29 is 23.0 Å². The van der Waals surface area contributed by atoms with E-state index < -0.39 is 23.3 Å². The fourth-order valence-corrected chi connectivity index (χ4v) is 4.86. The van der Waals surface area contributed by atoms with E-state index >= 15 is 8.78 Å². The third-order valence-electron chi connectivity index (χ3n) is 6.16. The van der Waals surface area contributed by atoms with Crippen molar-refractivity contribution in [3.8, 4) is 16.9 Å². The summed E-state index contributed by atoms with van der Waals surface area (Å²) in [4.78, 5) is 24.6. The average Bonchev–Trinajstić information content (AvgIpc) is 3.33. The van der Waals surface area contributed by atoms with Gasteiger partial charge in [-0.15, -0.1) is 0 Å². The summed E-state index contributed by atoms with van der Waals surface area (Å²) in [6.07, 6.45) is 2.26. The molecule has 2 aromatic heterocycles. The summed E-state index contributed by atoms with van der Waals surface area (Å²) in [5, 5.41) is 7.23. The van der Waals surface area contributed by atoms with E-state index in [-0.39, 0.29) is 32.8 Å². The number of methoxy groups -OCH3 is 1. The number of aromatic nitrogens is 4. The highest BCUT2D eigenvalue weighted by molar-refractivity contribution is 6.37. The Balaban J connectivity index is 1.59. The third kappa shape index (κ3) is 4.37. The normalized spacial score (nSPS) is 14.5. The summed E-state index contributed by atoms with van der Waals surface area (Å²) < 4.78 is 42.2. The quantitative estimate of drug-likeness (QED) is 0.390. The van der Waals surface area contributed by atoms with Crippen LogP contribution in [0.2, 0.25) is 5.02 Å². The maximum Gasteiger partial charge on any atom is 0.410 e. The molecule has 3 heterocycles. The molecule has 1 fully saturated rings. The number of ether oxygens (including phenoxy) is 2. The van der Waals surface area contributed by atoms with Gasteiger partial charge >= 0.3 is 6.09 Å². The van der Waals surface area contributed by atoms with E-state index in [1.807, 2.05) is 25.7 Å². The molecule has 37 heavy (non-hydrogen) atoms. The second-order valence-corrected chi connectivity index (χ2v) is 10.0. The molecule has 194 valence electrons. The maximum atomic E-state index is 16.1. The number of hydrogen-bond donors (Lipinski definition) is 1. The van der Waals surface area contributed by atoms with E-state index in [1.54, 1.807) is 4.90 Å². The third-order valence-corrected chi connectivity index (χ3v) is 6.52. The molecule has 5 rings (SSSR count). The van der Waals surface area contributed by atoms with E-state index in [0.29, 0.717) is 42.9 Å². The number of aromatic amines is 1. The number of anilines is 1. The summed E-state index contributed by atoms with van der Waals surface area (Å²) in [5.74, 6) is -0.939. The molecule has 0 radical (unpaired) electrons. The Hall–Kier alpha value is -3.73. The number of hydrogen-bond acceptors (Lipinski definition) is 7. The number of carbonyl (C=O) groups is 1. The van der Waals surface area contributed by atoms with Crippen molar-refractivity contribution in [1.29, 1.82) is 0 Å². The van der Waals surface area contributed by atoms with Crippen LogP contribution in [0.1, 0.15) is 20.8 Å². The molecule has 1 N–H and O–H groups in total. The number of rotatable bonds is 3. The molecule has 0 saturated carbocycles. The van der Waals surface area contributed by atoms with Gasteiger partial charge in [0.25, 0.3) is 0 Å². The minimum atomic E-state index is -0.801. The lowest BCUT2D eigenvalue weighted by Crippen LogP contribution is -2.50. The zero-order valence-corrected chi connectivity index (χ0v) is 21.5. The van der Waals surface area contributed by atoms with E-state index in [1.165, 1.54) is 31.8 Å². The summed E-state index contributed by atoms with van der Waals surface area (Å²) in [7, 11) is 1.40. The standard InChI is InChI=1S/C25H25ClF2N6O3/c1-25(2,3)37-24(35)34-9-7-33(8-10-34)23-18-21(29-12-30-23)20(28)17(19(26)22(18)36-4)16-13-11-31-32-15(13)6-5-14(16)27/h5-6,11-12H,7-10H2,1-4H3,(H,31,32). The van der Waals surface area contributed by atoms with Gasteiger partial charge < -0.3 is 19.3 Å². The summed E-state index contributed by atoms with van der Waals surface area (Å²) in [5.41, 5.74) is -0.348. The topological polar surface area (TPSA) is 96.5 Å². The lowest BCUT2D eigenvalue weighted by Gasteiger charge is -2.36. The molecule has 0 spiro atoms. The van der Waals surface area contributed by atoms with Crippen LogP contribution in [0.15, 0.2) is 24.7 Å². The van der Waals surface area contributed by atoms with Gasteiger partial charge in [-0.2, -0.15) is 5.10 Å². The summed E-state index contributed by atoms with van der Waals surface area (Å²) >= 11 is 6.70. The SMILES string of the molecule is COc1c(Cl)c(-c2c(F)ccc3[nH]ncc23)c(F)c2ncnc(N3CCN(C(=O)OC(C)(C)C)CC3)c12. The number of fused-ring (bicyclic) bond motifs is 2. The highest BCUT2D eigenvalue weighted by atomic mass is 35.5. The predicted molar refractivity (Wildman–Crippen MR) is 136 cm³/mol. The fraction of sp³-hybridized carbons (Fsp3) is 0.360. The first-order valence-corrected chi connectivity index (χ1v) is 12.0. The number of amides is 1. The molecular formula is C25H25ClF2N6O3. The van der Waals surface area contributed by atoms with Gasteiger partial charge in [-0.1, -0.05) is 11.6 Å². The molecule has 1 amide bonds. The smallest absolute Gasteiger partial charge is 0.410 e. The van der Waals surface area contributed by atoms with E-state index in [9.17, 15) is 4.79 Å². The Morgan fingerprint density at radius 1 is 1.11 bits per heavy atom. The number of halogens is 3. The Labute approximate surface area is 216 Å². The number of benzene rings is 2. The van der Waals surface area contributed by atoms with Crippen LogP contribution in [0.4, 0.5) is 19.4 Å². The first-order chi connectivity index (χ1) is 17.6. The van der Waals surface area contributed by atoms with Gasteiger partial charge in [0, 0.05) is 42.7 Å². The van der Waals surface area contributed by atoms with Crippen LogP contribution in [0.5, 0.6) is 5.75 Å². The van der Waals surface area contributed by atoms with E-state index in [2.05, 4.69) is 20.2 Å². The van der Waals surface area contributed by atoms with Gasteiger partial charge in [0.05, 0.1) is 29.2 Å². The number of H-pyrrole nitrogens is 1. The van der Waals surface area contributed by atoms with Gasteiger partial charge in [0.15, 0.2) is 11.6 Å². The minimum absolute atomic E-state index is 0.0416. The molecule has 1 aliphatic heterocycles. The molecular weight excluding hydrogens is 506 g/mol. The van der Waals surface area contributed by atoms with Crippen molar-refractivity contribution in [3.63, 3.8) is 0 Å². The lowest BCUT2D eigenvalue weighted by atomic mass is 9.98. The zero-order valence-electron chi connectivity index (χ0n) is 20.7. The highest BCUT2D eigenvalue weighted by Gasteiger charge is 2.31. The van der Waals surface area contributed by atoms with Gasteiger partial charge in [0.2, 0.25) is 0 Å². The van der Waals surface area contributed by atoms with Gasteiger partial charge in [-0.3, -0.25) is 5.10 Å². The fourth-order valence-electron chi connectivity index (χ4n) is 4.51. The second-order valence-electron chi connectivity index (χ2n) is 9.67. The summed E-state index contributed by atoms with van der Waals surface area (Å²) in [6.45, 7) is 7.02. The van der Waals surface area contributed by atoms with Crippen LogP contribution in [-0.4, -0.2) is 70.0 Å².